The average Bonchev–Trinajstić information content (AvgIpc) is 2.46. The molecule has 0 aromatic carbocycles. The van der Waals surface area contributed by atoms with Gasteiger partial charge in [-0.2, -0.15) is 13.2 Å². The molecule has 1 saturated heterocycles. The number of carbonyl (C=O) groups excluding carboxylic acids is 1. The fourth-order valence-electron chi connectivity index (χ4n) is 2.32. The Kier molecular flexibility index (Phi) is 6.72. The topological polar surface area (TPSA) is 177 Å². The van der Waals surface area contributed by atoms with E-state index in [1.807, 2.05) is 0 Å². The summed E-state index contributed by atoms with van der Waals surface area (Å²) >= 11 is 0. The number of rotatable bonds is 6. The number of ether oxygens (including phenoxy) is 1. The Morgan fingerprint density at radius 3 is 2.32 bits per heavy atom. The van der Waals surface area contributed by atoms with Crippen LogP contribution in [0.3, 0.4) is 0 Å². The van der Waals surface area contributed by atoms with Crippen molar-refractivity contribution in [2.45, 2.75) is 55.3 Å². The van der Waals surface area contributed by atoms with Gasteiger partial charge in [-0.25, -0.2) is 4.79 Å². The highest BCUT2D eigenvalue weighted by atomic mass is 19.4. The molecule has 13 heteroatoms. The van der Waals surface area contributed by atoms with Gasteiger partial charge in [0.2, 0.25) is 5.91 Å². The van der Waals surface area contributed by atoms with Crippen molar-refractivity contribution in [3.8, 4) is 0 Å². The summed E-state index contributed by atoms with van der Waals surface area (Å²) in [5, 5.41) is 58.5. The van der Waals surface area contributed by atoms with Crippen molar-refractivity contribution in [3.63, 3.8) is 0 Å². The molecule has 0 spiro atoms. The summed E-state index contributed by atoms with van der Waals surface area (Å²) in [6, 6.07) is -1.79. The molecule has 25 heavy (non-hydrogen) atoms. The fourth-order valence-corrected chi connectivity index (χ4v) is 2.32. The molecule has 146 valence electrons. The number of amides is 1. The second-order valence-electron chi connectivity index (χ2n) is 5.57. The zero-order chi connectivity index (χ0) is 19.6. The first-order valence-electron chi connectivity index (χ1n) is 6.95. The molecule has 0 bridgehead atoms. The van der Waals surface area contributed by atoms with Crippen LogP contribution >= 0.6 is 0 Å². The van der Waals surface area contributed by atoms with Crippen molar-refractivity contribution in [1.82, 2.24) is 5.32 Å². The number of hydrogen-bond acceptors (Lipinski definition) is 8. The lowest BCUT2D eigenvalue weighted by molar-refractivity contribution is -0.295. The largest absolute Gasteiger partial charge is 0.477 e. The van der Waals surface area contributed by atoms with E-state index in [-0.39, 0.29) is 0 Å². The van der Waals surface area contributed by atoms with E-state index in [0.717, 1.165) is 0 Å². The van der Waals surface area contributed by atoms with Crippen molar-refractivity contribution in [2.75, 3.05) is 6.61 Å². The van der Waals surface area contributed by atoms with Crippen LogP contribution in [0.1, 0.15) is 12.8 Å². The SMILES string of the molecule is O=C(CC(F)(F)F)N[C@H]1[C@H]([C@H](O)[C@H](O)CO)O[C@@](O)(C(=O)O)C[C@@H]1O. The zero-order valence-corrected chi connectivity index (χ0v) is 12.5. The van der Waals surface area contributed by atoms with Crippen molar-refractivity contribution in [1.29, 1.82) is 0 Å². The average molecular weight is 377 g/mol. The normalized spacial score (nSPS) is 32.7. The number of carboxylic acids is 1. The molecule has 0 saturated carbocycles. The van der Waals surface area contributed by atoms with Gasteiger partial charge in [-0.15, -0.1) is 0 Å². The predicted molar refractivity (Wildman–Crippen MR) is 69.8 cm³/mol. The molecule has 0 radical (unpaired) electrons. The van der Waals surface area contributed by atoms with Crippen LogP contribution in [-0.4, -0.2) is 91.5 Å². The predicted octanol–water partition coefficient (Wildman–Crippen LogP) is -2.94. The van der Waals surface area contributed by atoms with Crippen molar-refractivity contribution < 1.29 is 58.1 Å². The minimum atomic E-state index is -4.87. The van der Waals surface area contributed by atoms with E-state index in [0.29, 0.717) is 0 Å². The Hall–Kier alpha value is -1.51. The lowest BCUT2D eigenvalue weighted by Gasteiger charge is -2.44. The monoisotopic (exact) mass is 377 g/mol. The number of hydrogen-bond donors (Lipinski definition) is 7. The number of aliphatic hydroxyl groups excluding tert-OH is 4. The molecule has 0 aliphatic carbocycles. The molecule has 0 aromatic heterocycles. The zero-order valence-electron chi connectivity index (χ0n) is 12.5. The molecule has 1 rings (SSSR count). The molecule has 0 unspecified atom stereocenters. The second kappa shape index (κ2) is 7.80. The van der Waals surface area contributed by atoms with Gasteiger partial charge in [0.1, 0.15) is 24.7 Å². The van der Waals surface area contributed by atoms with Gasteiger partial charge in [0.05, 0.1) is 18.8 Å². The summed E-state index contributed by atoms with van der Waals surface area (Å²) < 4.78 is 41.4. The third-order valence-electron chi connectivity index (χ3n) is 3.53. The summed E-state index contributed by atoms with van der Waals surface area (Å²) in [5.74, 6) is -6.61. The minimum absolute atomic E-state index is 1.03. The van der Waals surface area contributed by atoms with E-state index in [1.165, 1.54) is 0 Å². The van der Waals surface area contributed by atoms with Crippen LogP contribution in [0.5, 0.6) is 0 Å². The van der Waals surface area contributed by atoms with Gasteiger partial charge in [0.25, 0.3) is 5.79 Å². The molecule has 7 N–H and O–H groups in total. The van der Waals surface area contributed by atoms with E-state index in [2.05, 4.69) is 0 Å². The van der Waals surface area contributed by atoms with Crippen LogP contribution in [0.4, 0.5) is 13.2 Å². The Bertz CT molecular complexity index is 503. The van der Waals surface area contributed by atoms with Gasteiger partial charge in [-0.05, 0) is 0 Å². The Balaban J connectivity index is 3.06. The highest BCUT2D eigenvalue weighted by Crippen LogP contribution is 2.31. The van der Waals surface area contributed by atoms with Gasteiger partial charge < -0.3 is 40.7 Å². The van der Waals surface area contributed by atoms with Crippen LogP contribution in [0.25, 0.3) is 0 Å². The lowest BCUT2D eigenvalue weighted by Crippen LogP contribution is -2.67. The smallest absolute Gasteiger partial charge is 0.397 e. The summed E-state index contributed by atoms with van der Waals surface area (Å²) in [5.41, 5.74) is 0. The summed E-state index contributed by atoms with van der Waals surface area (Å²) in [6.45, 7) is -1.05. The maximum atomic E-state index is 12.2. The minimum Gasteiger partial charge on any atom is -0.477 e. The summed E-state index contributed by atoms with van der Waals surface area (Å²) in [4.78, 5) is 22.4. The number of halogens is 3. The Morgan fingerprint density at radius 2 is 1.88 bits per heavy atom. The summed E-state index contributed by atoms with van der Waals surface area (Å²) in [6.07, 6.45) is -15.9. The molecule has 1 aliphatic rings. The van der Waals surface area contributed by atoms with E-state index < -0.39 is 73.7 Å². The summed E-state index contributed by atoms with van der Waals surface area (Å²) in [7, 11) is 0. The van der Waals surface area contributed by atoms with Crippen LogP contribution in [0, 0.1) is 0 Å². The molecular weight excluding hydrogens is 359 g/mol. The molecular formula is C12H18F3NO9. The maximum Gasteiger partial charge on any atom is 0.397 e. The first-order chi connectivity index (χ1) is 11.3. The Morgan fingerprint density at radius 1 is 1.32 bits per heavy atom. The number of carbonyl (C=O) groups is 2. The molecule has 1 heterocycles. The van der Waals surface area contributed by atoms with Crippen LogP contribution in [0.2, 0.25) is 0 Å². The molecule has 1 aliphatic heterocycles. The van der Waals surface area contributed by atoms with Gasteiger partial charge in [-0.3, -0.25) is 4.79 Å². The quantitative estimate of drug-likeness (QED) is 0.255. The molecule has 0 aromatic rings. The maximum absolute atomic E-state index is 12.2. The number of alkyl halides is 3. The van der Waals surface area contributed by atoms with Crippen LogP contribution in [0.15, 0.2) is 0 Å². The first-order valence-corrected chi connectivity index (χ1v) is 6.95. The highest BCUT2D eigenvalue weighted by molar-refractivity contribution is 5.78. The van der Waals surface area contributed by atoms with Gasteiger partial charge in [-0.1, -0.05) is 0 Å². The van der Waals surface area contributed by atoms with Crippen molar-refractivity contribution >= 4 is 11.9 Å². The number of carboxylic acid groups (broad SMARTS) is 1. The number of aliphatic hydroxyl groups is 5. The van der Waals surface area contributed by atoms with Crippen LogP contribution < -0.4 is 5.32 Å². The molecule has 1 fully saturated rings. The fraction of sp³-hybridized carbons (Fsp3) is 0.833. The van der Waals surface area contributed by atoms with Gasteiger partial charge >= 0.3 is 12.1 Å². The third-order valence-corrected chi connectivity index (χ3v) is 3.53. The van der Waals surface area contributed by atoms with Gasteiger partial charge in [0, 0.05) is 6.42 Å². The van der Waals surface area contributed by atoms with E-state index in [9.17, 15) is 43.2 Å². The van der Waals surface area contributed by atoms with E-state index >= 15 is 0 Å². The lowest BCUT2D eigenvalue weighted by atomic mass is 9.88. The Labute approximate surface area is 138 Å². The van der Waals surface area contributed by atoms with Crippen LogP contribution in [-0.2, 0) is 14.3 Å². The standard InChI is InChI=1S/C12H18F3NO9/c13-12(14,15)2-6(20)16-7-4(18)1-11(24,10(22)23)25-9(7)8(21)5(19)3-17/h4-5,7-9,17-19,21,24H,1-3H2,(H,16,20)(H,22,23)/t4-,5+,7+,8+,9+,11+/m0/s1. The first kappa shape index (κ1) is 21.5. The van der Waals surface area contributed by atoms with E-state index in [4.69, 9.17) is 14.9 Å². The number of aliphatic carboxylic acids is 1. The van der Waals surface area contributed by atoms with Gasteiger partial charge in [0.15, 0.2) is 0 Å². The molecule has 1 amide bonds. The molecule has 6 atom stereocenters. The van der Waals surface area contributed by atoms with E-state index in [1.54, 1.807) is 5.32 Å². The molecule has 10 nitrogen and oxygen atoms in total. The van der Waals surface area contributed by atoms with Crippen molar-refractivity contribution in [2.24, 2.45) is 0 Å². The second-order valence-corrected chi connectivity index (χ2v) is 5.57. The number of nitrogens with one attached hydrogen (secondary N) is 1. The van der Waals surface area contributed by atoms with Crippen molar-refractivity contribution in [3.05, 3.63) is 0 Å². The third kappa shape index (κ3) is 5.49. The highest BCUT2D eigenvalue weighted by Gasteiger charge is 2.54.